The summed E-state index contributed by atoms with van der Waals surface area (Å²) in [6.45, 7) is 5.13. The molecule has 0 aliphatic carbocycles. The number of amides is 1. The third-order valence-corrected chi connectivity index (χ3v) is 2.57. The van der Waals surface area contributed by atoms with Crippen LogP contribution < -0.4 is 5.32 Å². The number of nitrogens with one attached hydrogen (secondary N) is 1. The summed E-state index contributed by atoms with van der Waals surface area (Å²) < 4.78 is 11.1. The minimum Gasteiger partial charge on any atom is -0.356 e. The Hall–Kier alpha value is -0.610. The van der Waals surface area contributed by atoms with E-state index in [9.17, 15) is 4.79 Å². The lowest BCUT2D eigenvalue weighted by Gasteiger charge is -2.19. The molecule has 4 heteroatoms. The molecule has 1 amide bonds. The lowest BCUT2D eigenvalue weighted by molar-refractivity contribution is -0.144. The van der Waals surface area contributed by atoms with Crippen LogP contribution in [0.25, 0.3) is 0 Å². The van der Waals surface area contributed by atoms with Gasteiger partial charge in [0.2, 0.25) is 5.91 Å². The summed E-state index contributed by atoms with van der Waals surface area (Å²) in [6, 6.07) is 0. The van der Waals surface area contributed by atoms with E-state index in [2.05, 4.69) is 5.32 Å². The molecule has 2 aliphatic heterocycles. The highest BCUT2D eigenvalue weighted by Crippen LogP contribution is 2.29. The topological polar surface area (TPSA) is 47.6 Å². The lowest BCUT2D eigenvalue weighted by Crippen LogP contribution is -2.28. The predicted molar refractivity (Wildman–Crippen MR) is 46.0 cm³/mol. The number of hydrogen-bond donors (Lipinski definition) is 1. The molecule has 2 heterocycles. The summed E-state index contributed by atoms with van der Waals surface area (Å²) in [5.41, 5.74) is 0. The average molecular weight is 185 g/mol. The second-order valence-electron chi connectivity index (χ2n) is 4.14. The van der Waals surface area contributed by atoms with Crippen molar-refractivity contribution < 1.29 is 14.3 Å². The van der Waals surface area contributed by atoms with Gasteiger partial charge in [0.15, 0.2) is 5.79 Å². The van der Waals surface area contributed by atoms with Crippen molar-refractivity contribution in [2.45, 2.75) is 32.2 Å². The van der Waals surface area contributed by atoms with Crippen molar-refractivity contribution in [2.24, 2.45) is 5.92 Å². The Bertz CT molecular complexity index is 227. The van der Waals surface area contributed by atoms with E-state index in [4.69, 9.17) is 9.47 Å². The van der Waals surface area contributed by atoms with Gasteiger partial charge in [-0.2, -0.15) is 0 Å². The largest absolute Gasteiger partial charge is 0.356 e. The van der Waals surface area contributed by atoms with Gasteiger partial charge in [-0.1, -0.05) is 0 Å². The van der Waals surface area contributed by atoms with Gasteiger partial charge in [0.05, 0.1) is 12.7 Å². The second kappa shape index (κ2) is 2.96. The molecule has 1 N–H and O–H groups in total. The van der Waals surface area contributed by atoms with Crippen molar-refractivity contribution in [1.29, 1.82) is 0 Å². The molecule has 0 aromatic carbocycles. The first kappa shape index (κ1) is 8.97. The summed E-state index contributed by atoms with van der Waals surface area (Å²) in [7, 11) is 0. The number of hydrogen-bond acceptors (Lipinski definition) is 3. The standard InChI is InChI=1S/C9H15NO3/c1-9(2)12-5-7(13-9)6-3-8(11)10-4-6/h6-7H,3-5H2,1-2H3,(H,10,11). The van der Waals surface area contributed by atoms with E-state index >= 15 is 0 Å². The van der Waals surface area contributed by atoms with E-state index in [1.807, 2.05) is 13.8 Å². The molecule has 0 aromatic heterocycles. The number of carbonyl (C=O) groups is 1. The Kier molecular flexibility index (Phi) is 2.04. The maximum atomic E-state index is 11.0. The van der Waals surface area contributed by atoms with Gasteiger partial charge in [0.25, 0.3) is 0 Å². The molecule has 4 nitrogen and oxygen atoms in total. The third kappa shape index (κ3) is 1.84. The van der Waals surface area contributed by atoms with Gasteiger partial charge in [-0.25, -0.2) is 0 Å². The summed E-state index contributed by atoms with van der Waals surface area (Å²) in [6.07, 6.45) is 0.651. The molecule has 0 aromatic rings. The van der Waals surface area contributed by atoms with Crippen molar-refractivity contribution in [3.05, 3.63) is 0 Å². The van der Waals surface area contributed by atoms with Crippen LogP contribution in [0.4, 0.5) is 0 Å². The van der Waals surface area contributed by atoms with E-state index in [0.717, 1.165) is 6.54 Å². The fourth-order valence-electron chi connectivity index (χ4n) is 1.84. The van der Waals surface area contributed by atoms with E-state index in [1.165, 1.54) is 0 Å². The van der Waals surface area contributed by atoms with Gasteiger partial charge in [-0.15, -0.1) is 0 Å². The summed E-state index contributed by atoms with van der Waals surface area (Å²) >= 11 is 0. The van der Waals surface area contributed by atoms with Gasteiger partial charge in [-0.3, -0.25) is 4.79 Å². The van der Waals surface area contributed by atoms with Gasteiger partial charge >= 0.3 is 0 Å². The van der Waals surface area contributed by atoms with E-state index in [0.29, 0.717) is 13.0 Å². The van der Waals surface area contributed by atoms with Crippen LogP contribution in [-0.2, 0) is 14.3 Å². The molecule has 2 fully saturated rings. The number of carbonyl (C=O) groups excluding carboxylic acids is 1. The Balaban J connectivity index is 1.93. The van der Waals surface area contributed by atoms with Crippen molar-refractivity contribution in [3.8, 4) is 0 Å². The lowest BCUT2D eigenvalue weighted by atomic mass is 10.0. The van der Waals surface area contributed by atoms with Gasteiger partial charge in [0, 0.05) is 18.9 Å². The number of ether oxygens (including phenoxy) is 2. The first-order valence-corrected chi connectivity index (χ1v) is 4.65. The molecule has 0 spiro atoms. The smallest absolute Gasteiger partial charge is 0.220 e. The average Bonchev–Trinajstić information content (AvgIpc) is 2.56. The molecule has 0 bridgehead atoms. The van der Waals surface area contributed by atoms with Gasteiger partial charge in [0.1, 0.15) is 0 Å². The van der Waals surface area contributed by atoms with Crippen molar-refractivity contribution in [2.75, 3.05) is 13.2 Å². The first-order chi connectivity index (χ1) is 6.07. The summed E-state index contributed by atoms with van der Waals surface area (Å²) in [4.78, 5) is 11.0. The van der Waals surface area contributed by atoms with Gasteiger partial charge in [-0.05, 0) is 13.8 Å². The van der Waals surface area contributed by atoms with Crippen LogP contribution in [0.1, 0.15) is 20.3 Å². The van der Waals surface area contributed by atoms with Crippen molar-refractivity contribution in [1.82, 2.24) is 5.32 Å². The molecule has 74 valence electrons. The number of rotatable bonds is 1. The summed E-state index contributed by atoms with van der Waals surface area (Å²) in [5, 5.41) is 2.80. The van der Waals surface area contributed by atoms with Crippen LogP contribution >= 0.6 is 0 Å². The highest BCUT2D eigenvalue weighted by atomic mass is 16.7. The maximum Gasteiger partial charge on any atom is 0.220 e. The fourth-order valence-corrected chi connectivity index (χ4v) is 1.84. The molecule has 0 saturated carbocycles. The monoisotopic (exact) mass is 185 g/mol. The zero-order valence-corrected chi connectivity index (χ0v) is 8.00. The molecule has 2 atom stereocenters. The molecular formula is C9H15NO3. The molecule has 13 heavy (non-hydrogen) atoms. The quantitative estimate of drug-likeness (QED) is 0.638. The van der Waals surface area contributed by atoms with Gasteiger partial charge < -0.3 is 14.8 Å². The fraction of sp³-hybridized carbons (Fsp3) is 0.889. The van der Waals surface area contributed by atoms with Crippen LogP contribution in [0.5, 0.6) is 0 Å². The molecule has 0 radical (unpaired) electrons. The first-order valence-electron chi connectivity index (χ1n) is 4.65. The second-order valence-corrected chi connectivity index (χ2v) is 4.14. The van der Waals surface area contributed by atoms with Crippen LogP contribution in [0.3, 0.4) is 0 Å². The minimum absolute atomic E-state index is 0.0777. The highest BCUT2D eigenvalue weighted by Gasteiger charge is 2.39. The SMILES string of the molecule is CC1(C)OCC(C2CNC(=O)C2)O1. The minimum atomic E-state index is -0.476. The third-order valence-electron chi connectivity index (χ3n) is 2.57. The predicted octanol–water partition coefficient (Wildman–Crippen LogP) is 0.274. The van der Waals surface area contributed by atoms with Crippen LogP contribution in [0, 0.1) is 5.92 Å². The zero-order chi connectivity index (χ0) is 9.47. The maximum absolute atomic E-state index is 11.0. The van der Waals surface area contributed by atoms with Crippen molar-refractivity contribution in [3.63, 3.8) is 0 Å². The highest BCUT2D eigenvalue weighted by molar-refractivity contribution is 5.78. The Morgan fingerprint density at radius 1 is 1.54 bits per heavy atom. The summed E-state index contributed by atoms with van der Waals surface area (Å²) in [5.74, 6) is -0.0661. The molecular weight excluding hydrogens is 170 g/mol. The molecule has 2 aliphatic rings. The van der Waals surface area contributed by atoms with E-state index in [-0.39, 0.29) is 17.9 Å². The van der Waals surface area contributed by atoms with Crippen molar-refractivity contribution >= 4 is 5.91 Å². The Morgan fingerprint density at radius 2 is 2.31 bits per heavy atom. The van der Waals surface area contributed by atoms with Crippen LogP contribution in [-0.4, -0.2) is 30.9 Å². The normalized spacial score (nSPS) is 37.8. The Labute approximate surface area is 77.6 Å². The molecule has 2 unspecified atom stereocenters. The van der Waals surface area contributed by atoms with E-state index in [1.54, 1.807) is 0 Å². The zero-order valence-electron chi connectivity index (χ0n) is 8.00. The van der Waals surface area contributed by atoms with E-state index < -0.39 is 5.79 Å². The molecule has 2 rings (SSSR count). The van der Waals surface area contributed by atoms with Crippen LogP contribution in [0.15, 0.2) is 0 Å². The molecule has 2 saturated heterocycles. The Morgan fingerprint density at radius 3 is 2.77 bits per heavy atom. The van der Waals surface area contributed by atoms with Crippen LogP contribution in [0.2, 0.25) is 0 Å².